The van der Waals surface area contributed by atoms with Gasteiger partial charge in [-0.05, 0) is 36.7 Å². The maximum atomic E-state index is 10.6. The van der Waals surface area contributed by atoms with E-state index >= 15 is 0 Å². The molecule has 0 unspecified atom stereocenters. The second-order valence-corrected chi connectivity index (χ2v) is 7.45. The highest BCUT2D eigenvalue weighted by molar-refractivity contribution is 5.35. The minimum atomic E-state index is -0.369. The molecular weight excluding hydrogens is 328 g/mol. The number of aliphatic hydroxyl groups excluding tert-OH is 1. The maximum absolute atomic E-state index is 10.6. The van der Waals surface area contributed by atoms with Gasteiger partial charge in [0.2, 0.25) is 5.95 Å². The Balaban J connectivity index is 1.40. The lowest BCUT2D eigenvalue weighted by Crippen LogP contribution is -2.43. The van der Waals surface area contributed by atoms with Crippen LogP contribution < -0.4 is 10.2 Å². The van der Waals surface area contributed by atoms with Crippen LogP contribution in [0.4, 0.5) is 11.8 Å². The van der Waals surface area contributed by atoms with Crippen molar-refractivity contribution in [2.45, 2.75) is 44.8 Å². The molecule has 1 aliphatic heterocycles. The van der Waals surface area contributed by atoms with Gasteiger partial charge in [0.05, 0.1) is 18.3 Å². The van der Waals surface area contributed by atoms with Gasteiger partial charge in [-0.3, -0.25) is 4.98 Å². The summed E-state index contributed by atoms with van der Waals surface area (Å²) in [5.74, 6) is 2.56. The normalized spacial score (nSPS) is 28.0. The molecule has 0 bridgehead atoms. The largest absolute Gasteiger partial charge is 0.391 e. The van der Waals surface area contributed by atoms with Gasteiger partial charge in [0.25, 0.3) is 0 Å². The fourth-order valence-electron chi connectivity index (χ4n) is 4.24. The molecule has 2 aliphatic rings. The molecule has 0 amide bonds. The smallest absolute Gasteiger partial charge is 0.225 e. The lowest BCUT2D eigenvalue weighted by Gasteiger charge is -2.35. The lowest BCUT2D eigenvalue weighted by molar-refractivity contribution is 0.0737. The van der Waals surface area contributed by atoms with E-state index in [4.69, 9.17) is 0 Å². The number of fused-ring (bicyclic) bond motifs is 1. The average molecular weight is 354 g/mol. The zero-order valence-electron chi connectivity index (χ0n) is 15.1. The van der Waals surface area contributed by atoms with E-state index in [0.29, 0.717) is 11.8 Å². The van der Waals surface area contributed by atoms with Gasteiger partial charge in [-0.15, -0.1) is 0 Å². The predicted molar refractivity (Wildman–Crippen MR) is 99.9 cm³/mol. The van der Waals surface area contributed by atoms with Crippen LogP contribution in [-0.4, -0.2) is 50.3 Å². The number of anilines is 2. The number of nitrogens with zero attached hydrogens (tertiary/aromatic N) is 5. The number of rotatable bonds is 5. The molecule has 2 aromatic heterocycles. The number of aryl methyl sites for hydroxylation is 1. The van der Waals surface area contributed by atoms with Crippen molar-refractivity contribution >= 4 is 11.8 Å². The van der Waals surface area contributed by atoms with E-state index in [-0.39, 0.29) is 12.1 Å². The van der Waals surface area contributed by atoms with Crippen molar-refractivity contribution in [2.24, 2.45) is 11.8 Å². The van der Waals surface area contributed by atoms with Gasteiger partial charge >= 0.3 is 0 Å². The third-order valence-corrected chi connectivity index (χ3v) is 5.55. The number of hydrogen-bond donors (Lipinski definition) is 2. The fourth-order valence-corrected chi connectivity index (χ4v) is 4.24. The Bertz CT molecular complexity index is 710. The van der Waals surface area contributed by atoms with E-state index < -0.39 is 0 Å². The highest BCUT2D eigenvalue weighted by Crippen LogP contribution is 2.38. The number of aromatic nitrogens is 4. The van der Waals surface area contributed by atoms with Crippen molar-refractivity contribution in [2.75, 3.05) is 23.3 Å². The highest BCUT2D eigenvalue weighted by Gasteiger charge is 2.42. The number of hydrogen-bond acceptors (Lipinski definition) is 7. The Morgan fingerprint density at radius 1 is 1.08 bits per heavy atom. The van der Waals surface area contributed by atoms with Crippen molar-refractivity contribution < 1.29 is 5.11 Å². The second-order valence-electron chi connectivity index (χ2n) is 7.45. The molecule has 1 saturated heterocycles. The van der Waals surface area contributed by atoms with Crippen LogP contribution in [0.1, 0.15) is 31.7 Å². The third-order valence-electron chi connectivity index (χ3n) is 5.55. The van der Waals surface area contributed by atoms with Crippen molar-refractivity contribution in [3.8, 4) is 0 Å². The molecule has 3 heterocycles. The molecule has 7 heteroatoms. The topological polar surface area (TPSA) is 87.1 Å². The first kappa shape index (κ1) is 17.1. The molecule has 1 saturated carbocycles. The zero-order chi connectivity index (χ0) is 17.9. The molecule has 2 N–H and O–H groups in total. The molecule has 7 nitrogen and oxygen atoms in total. The van der Waals surface area contributed by atoms with Gasteiger partial charge in [0.1, 0.15) is 5.82 Å². The van der Waals surface area contributed by atoms with E-state index in [1.807, 2.05) is 12.4 Å². The Morgan fingerprint density at radius 3 is 2.54 bits per heavy atom. The minimum Gasteiger partial charge on any atom is -0.391 e. The summed E-state index contributed by atoms with van der Waals surface area (Å²) in [6.07, 6.45) is 12.4. The van der Waals surface area contributed by atoms with E-state index in [2.05, 4.69) is 37.1 Å². The molecule has 26 heavy (non-hydrogen) atoms. The summed E-state index contributed by atoms with van der Waals surface area (Å²) >= 11 is 0. The lowest BCUT2D eigenvalue weighted by atomic mass is 9.77. The van der Waals surface area contributed by atoms with E-state index in [1.165, 1.54) is 5.56 Å². The van der Waals surface area contributed by atoms with Crippen molar-refractivity contribution in [3.05, 3.63) is 36.5 Å². The van der Waals surface area contributed by atoms with Crippen LogP contribution in [0.5, 0.6) is 0 Å². The first-order valence-electron chi connectivity index (χ1n) is 9.49. The van der Waals surface area contributed by atoms with E-state index in [9.17, 15) is 5.11 Å². The van der Waals surface area contributed by atoms with Crippen LogP contribution in [-0.2, 0) is 6.42 Å². The van der Waals surface area contributed by atoms with Crippen LogP contribution in [0.2, 0.25) is 0 Å². The van der Waals surface area contributed by atoms with E-state index in [1.54, 1.807) is 18.6 Å². The molecule has 0 aromatic carbocycles. The summed E-state index contributed by atoms with van der Waals surface area (Å²) in [6, 6.07) is 0.0146. The van der Waals surface area contributed by atoms with Crippen molar-refractivity contribution in [3.63, 3.8) is 0 Å². The Labute approximate surface area is 153 Å². The standard InChI is InChI=1S/C19H26N6O/c1-2-3-13-8-22-19(23-9-13)25-11-14-6-16(17(26)7-15(14)12-25)24-18-10-20-4-5-21-18/h4-5,8-10,14-17,26H,2-3,6-7,11-12H2,1H3,(H,21,24)/t14-,15+,16-,17-/m1/s1. The van der Waals surface area contributed by atoms with Gasteiger partial charge in [0.15, 0.2) is 0 Å². The summed E-state index contributed by atoms with van der Waals surface area (Å²) in [4.78, 5) is 19.7. The Hall–Kier alpha value is -2.28. The van der Waals surface area contributed by atoms with Crippen LogP contribution in [0.3, 0.4) is 0 Å². The van der Waals surface area contributed by atoms with Crippen LogP contribution >= 0.6 is 0 Å². The molecule has 0 radical (unpaired) electrons. The van der Waals surface area contributed by atoms with E-state index in [0.717, 1.165) is 50.5 Å². The SMILES string of the molecule is CCCc1cnc(N2C[C@H]3C[C@@H](Nc4cnccn4)[C@H](O)C[C@H]3C2)nc1. The quantitative estimate of drug-likeness (QED) is 0.848. The van der Waals surface area contributed by atoms with Crippen LogP contribution in [0.25, 0.3) is 0 Å². The van der Waals surface area contributed by atoms with Gasteiger partial charge in [0, 0.05) is 37.9 Å². The monoisotopic (exact) mass is 354 g/mol. The Morgan fingerprint density at radius 2 is 1.85 bits per heavy atom. The zero-order valence-corrected chi connectivity index (χ0v) is 15.1. The van der Waals surface area contributed by atoms with Gasteiger partial charge in [-0.2, -0.15) is 0 Å². The average Bonchev–Trinajstić information content (AvgIpc) is 3.06. The molecular formula is C19H26N6O. The third kappa shape index (κ3) is 3.62. The van der Waals surface area contributed by atoms with Gasteiger partial charge in [-0.1, -0.05) is 13.3 Å². The van der Waals surface area contributed by atoms with Crippen molar-refractivity contribution in [1.82, 2.24) is 19.9 Å². The second kappa shape index (κ2) is 7.53. The predicted octanol–water partition coefficient (Wildman–Crippen LogP) is 1.91. The summed E-state index contributed by atoms with van der Waals surface area (Å²) in [5.41, 5.74) is 1.19. The van der Waals surface area contributed by atoms with Gasteiger partial charge < -0.3 is 15.3 Å². The molecule has 4 atom stereocenters. The van der Waals surface area contributed by atoms with Crippen molar-refractivity contribution in [1.29, 1.82) is 0 Å². The molecule has 1 aliphatic carbocycles. The van der Waals surface area contributed by atoms with Crippen LogP contribution in [0.15, 0.2) is 31.0 Å². The first-order chi connectivity index (χ1) is 12.7. The van der Waals surface area contributed by atoms with Crippen LogP contribution in [0, 0.1) is 11.8 Å². The number of aliphatic hydroxyl groups is 1. The molecule has 4 rings (SSSR count). The van der Waals surface area contributed by atoms with Gasteiger partial charge in [-0.25, -0.2) is 15.0 Å². The summed E-state index contributed by atoms with van der Waals surface area (Å²) < 4.78 is 0. The number of nitrogens with one attached hydrogen (secondary N) is 1. The summed E-state index contributed by atoms with van der Waals surface area (Å²) in [6.45, 7) is 4.03. The Kier molecular flexibility index (Phi) is 4.97. The highest BCUT2D eigenvalue weighted by atomic mass is 16.3. The molecule has 0 spiro atoms. The molecule has 2 fully saturated rings. The molecule has 2 aromatic rings. The summed E-state index contributed by atoms with van der Waals surface area (Å²) in [5, 5.41) is 13.9. The first-order valence-corrected chi connectivity index (χ1v) is 9.49. The maximum Gasteiger partial charge on any atom is 0.225 e. The summed E-state index contributed by atoms with van der Waals surface area (Å²) in [7, 11) is 0. The fraction of sp³-hybridized carbons (Fsp3) is 0.579. The minimum absolute atomic E-state index is 0.0146. The molecule has 138 valence electrons.